The van der Waals surface area contributed by atoms with Gasteiger partial charge in [0, 0.05) is 24.2 Å². The molecule has 1 atom stereocenters. The topological polar surface area (TPSA) is 56.6 Å². The maximum Gasteiger partial charge on any atom is 0.264 e. The number of aromatic nitrogens is 2. The Hall–Kier alpha value is -3.20. The Morgan fingerprint density at radius 2 is 2.08 bits per heavy atom. The molecule has 0 N–H and O–H groups in total. The number of thiophene rings is 1. The van der Waals surface area contributed by atoms with Gasteiger partial charge in [-0.05, 0) is 67.6 Å². The fourth-order valence-electron chi connectivity index (χ4n) is 4.22. The highest BCUT2D eigenvalue weighted by Crippen LogP contribution is 2.33. The third-order valence-corrected chi connectivity index (χ3v) is 7.15. The summed E-state index contributed by atoms with van der Waals surface area (Å²) >= 11 is 7.50. The normalized spacial score (nSPS) is 15.2. The fraction of sp³-hybridized carbons (Fsp3) is 0.259. The van der Waals surface area contributed by atoms with Gasteiger partial charge in [-0.25, -0.2) is 9.07 Å². The Balaban J connectivity index is 1.55. The lowest BCUT2D eigenvalue weighted by Gasteiger charge is -2.25. The summed E-state index contributed by atoms with van der Waals surface area (Å²) in [6.07, 6.45) is 1.87. The number of carbonyl (C=O) groups excluding carboxylic acids is 1. The van der Waals surface area contributed by atoms with E-state index in [0.29, 0.717) is 40.4 Å². The highest BCUT2D eigenvalue weighted by atomic mass is 35.5. The Kier molecular flexibility index (Phi) is 7.36. The van der Waals surface area contributed by atoms with Crippen LogP contribution in [-0.4, -0.2) is 39.8 Å². The van der Waals surface area contributed by atoms with Gasteiger partial charge < -0.3 is 14.4 Å². The molecule has 0 spiro atoms. The van der Waals surface area contributed by atoms with Crippen LogP contribution in [0, 0.1) is 12.7 Å². The molecule has 1 amide bonds. The Morgan fingerprint density at radius 1 is 1.25 bits per heavy atom. The first kappa shape index (κ1) is 24.5. The number of halogens is 2. The molecular weight excluding hydrogens is 501 g/mol. The summed E-state index contributed by atoms with van der Waals surface area (Å²) in [5, 5.41) is 7.21. The van der Waals surface area contributed by atoms with Crippen LogP contribution in [0.5, 0.6) is 11.6 Å². The van der Waals surface area contributed by atoms with Crippen LogP contribution in [0.15, 0.2) is 66.0 Å². The molecule has 0 saturated carbocycles. The molecule has 1 aliphatic heterocycles. The van der Waals surface area contributed by atoms with Gasteiger partial charge in [0.05, 0.1) is 34.5 Å². The summed E-state index contributed by atoms with van der Waals surface area (Å²) in [4.78, 5) is 15.9. The van der Waals surface area contributed by atoms with Crippen molar-refractivity contribution in [3.63, 3.8) is 0 Å². The van der Waals surface area contributed by atoms with E-state index < -0.39 is 5.82 Å². The first-order valence-corrected chi connectivity index (χ1v) is 13.0. The number of hydrogen-bond acceptors (Lipinski definition) is 5. The van der Waals surface area contributed by atoms with Gasteiger partial charge in [-0.15, -0.1) is 11.3 Å². The molecule has 2 aromatic carbocycles. The number of hydrogen-bond donors (Lipinski definition) is 0. The van der Waals surface area contributed by atoms with Gasteiger partial charge in [0.15, 0.2) is 0 Å². The SMILES string of the molecule is Cc1nn(-c2ccc(Cl)cc2)c(Oc2cccc(F)c2)c1CN(CC1CCCO1)C(=O)c1cccs1. The molecular formula is C27H25ClFN3O3S. The van der Waals surface area contributed by atoms with Crippen molar-refractivity contribution in [1.29, 1.82) is 0 Å². The third kappa shape index (κ3) is 5.46. The molecule has 4 aromatic rings. The fourth-order valence-corrected chi connectivity index (χ4v) is 5.04. The number of nitrogens with zero attached hydrogens (tertiary/aromatic N) is 3. The zero-order valence-corrected chi connectivity index (χ0v) is 21.3. The van der Waals surface area contributed by atoms with E-state index in [-0.39, 0.29) is 18.6 Å². The first-order chi connectivity index (χ1) is 17.5. The average molecular weight is 526 g/mol. The molecule has 1 fully saturated rings. The molecule has 0 bridgehead atoms. The predicted octanol–water partition coefficient (Wildman–Crippen LogP) is 6.65. The minimum atomic E-state index is -0.406. The van der Waals surface area contributed by atoms with Crippen LogP contribution in [0.4, 0.5) is 4.39 Å². The lowest BCUT2D eigenvalue weighted by Crippen LogP contribution is -2.36. The van der Waals surface area contributed by atoms with Crippen molar-refractivity contribution in [2.24, 2.45) is 0 Å². The molecule has 0 radical (unpaired) electrons. The summed E-state index contributed by atoms with van der Waals surface area (Å²) in [7, 11) is 0. The zero-order chi connectivity index (χ0) is 25.1. The van der Waals surface area contributed by atoms with E-state index in [1.807, 2.05) is 36.6 Å². The summed E-state index contributed by atoms with van der Waals surface area (Å²) in [6.45, 7) is 3.30. The van der Waals surface area contributed by atoms with Crippen LogP contribution >= 0.6 is 22.9 Å². The second kappa shape index (κ2) is 10.8. The zero-order valence-electron chi connectivity index (χ0n) is 19.7. The van der Waals surface area contributed by atoms with E-state index in [9.17, 15) is 9.18 Å². The van der Waals surface area contributed by atoms with Crippen molar-refractivity contribution in [1.82, 2.24) is 14.7 Å². The predicted molar refractivity (Wildman–Crippen MR) is 138 cm³/mol. The Bertz CT molecular complexity index is 1340. The molecule has 186 valence electrons. The van der Waals surface area contributed by atoms with Crippen LogP contribution in [0.1, 0.15) is 33.8 Å². The molecule has 9 heteroatoms. The quantitative estimate of drug-likeness (QED) is 0.258. The molecule has 1 aliphatic rings. The summed E-state index contributed by atoms with van der Waals surface area (Å²) in [6, 6.07) is 16.8. The number of benzene rings is 2. The van der Waals surface area contributed by atoms with Crippen LogP contribution < -0.4 is 4.74 Å². The van der Waals surface area contributed by atoms with E-state index in [0.717, 1.165) is 24.1 Å². The summed E-state index contributed by atoms with van der Waals surface area (Å²) < 4.78 is 27.7. The van der Waals surface area contributed by atoms with E-state index in [1.165, 1.54) is 23.5 Å². The summed E-state index contributed by atoms with van der Waals surface area (Å²) in [5.74, 6) is 0.269. The maximum absolute atomic E-state index is 14.0. The van der Waals surface area contributed by atoms with Gasteiger partial charge in [-0.1, -0.05) is 23.7 Å². The average Bonchev–Trinajstić information content (AvgIpc) is 3.63. The molecule has 0 aliphatic carbocycles. The highest BCUT2D eigenvalue weighted by Gasteiger charge is 2.28. The van der Waals surface area contributed by atoms with Gasteiger partial charge in [0.25, 0.3) is 5.91 Å². The van der Waals surface area contributed by atoms with Crippen LogP contribution in [0.2, 0.25) is 5.02 Å². The van der Waals surface area contributed by atoms with Gasteiger partial charge in [-0.2, -0.15) is 5.10 Å². The number of ether oxygens (including phenoxy) is 2. The minimum Gasteiger partial charge on any atom is -0.438 e. The third-order valence-electron chi connectivity index (χ3n) is 6.04. The van der Waals surface area contributed by atoms with E-state index in [4.69, 9.17) is 26.2 Å². The Labute approximate surface area is 217 Å². The minimum absolute atomic E-state index is 0.0203. The van der Waals surface area contributed by atoms with E-state index in [1.54, 1.807) is 33.8 Å². The maximum atomic E-state index is 14.0. The first-order valence-electron chi connectivity index (χ1n) is 11.7. The number of amides is 1. The molecule has 6 nitrogen and oxygen atoms in total. The van der Waals surface area contributed by atoms with Gasteiger partial charge >= 0.3 is 0 Å². The van der Waals surface area contributed by atoms with Crippen molar-refractivity contribution >= 4 is 28.8 Å². The number of aryl methyl sites for hydroxylation is 1. The molecule has 5 rings (SSSR count). The second-order valence-corrected chi connectivity index (χ2v) is 10.00. The monoisotopic (exact) mass is 525 g/mol. The van der Waals surface area contributed by atoms with Gasteiger partial charge in [0.2, 0.25) is 5.88 Å². The van der Waals surface area contributed by atoms with Crippen molar-refractivity contribution in [3.8, 4) is 17.3 Å². The number of rotatable bonds is 8. The largest absolute Gasteiger partial charge is 0.438 e. The number of carbonyl (C=O) groups is 1. The highest BCUT2D eigenvalue weighted by molar-refractivity contribution is 7.12. The van der Waals surface area contributed by atoms with Gasteiger partial charge in [-0.3, -0.25) is 4.79 Å². The molecule has 1 unspecified atom stereocenters. The van der Waals surface area contributed by atoms with Crippen molar-refractivity contribution < 1.29 is 18.7 Å². The van der Waals surface area contributed by atoms with Crippen molar-refractivity contribution in [2.75, 3.05) is 13.2 Å². The Morgan fingerprint density at radius 3 is 2.78 bits per heavy atom. The molecule has 36 heavy (non-hydrogen) atoms. The van der Waals surface area contributed by atoms with Gasteiger partial charge in [0.1, 0.15) is 11.6 Å². The standard InChI is InChI=1S/C27H25ClFN3O3S/c1-18-24(17-31(16-23-7-3-13-34-23)26(33)25-8-4-14-36-25)27(35-22-6-2-5-20(29)15-22)32(30-18)21-11-9-19(28)10-12-21/h2,4-6,8-12,14-15,23H,3,7,13,16-17H2,1H3. The second-order valence-electron chi connectivity index (χ2n) is 8.61. The van der Waals surface area contributed by atoms with Crippen LogP contribution in [0.3, 0.4) is 0 Å². The van der Waals surface area contributed by atoms with Crippen molar-refractivity contribution in [3.05, 3.63) is 93.0 Å². The lowest BCUT2D eigenvalue weighted by molar-refractivity contribution is 0.0509. The van der Waals surface area contributed by atoms with E-state index in [2.05, 4.69) is 0 Å². The van der Waals surface area contributed by atoms with Crippen molar-refractivity contribution in [2.45, 2.75) is 32.4 Å². The lowest BCUT2D eigenvalue weighted by atomic mass is 10.2. The molecule has 1 saturated heterocycles. The van der Waals surface area contributed by atoms with E-state index >= 15 is 0 Å². The molecule has 3 heterocycles. The van der Waals surface area contributed by atoms with Crippen LogP contribution in [0.25, 0.3) is 5.69 Å². The molecule has 2 aromatic heterocycles. The summed E-state index contributed by atoms with van der Waals surface area (Å²) in [5.41, 5.74) is 2.17. The van der Waals surface area contributed by atoms with Crippen LogP contribution in [-0.2, 0) is 11.3 Å². The smallest absolute Gasteiger partial charge is 0.264 e.